The summed E-state index contributed by atoms with van der Waals surface area (Å²) in [5.74, 6) is 1.26. The Morgan fingerprint density at radius 1 is 1.25 bits per heavy atom. The number of hydrogen-bond donors (Lipinski definition) is 0. The average molecular weight is 300 g/mol. The molecule has 1 aliphatic heterocycles. The topological polar surface area (TPSA) is 54.4 Å². The molecule has 7 heteroatoms. The zero-order chi connectivity index (χ0) is 14.8. The summed E-state index contributed by atoms with van der Waals surface area (Å²) < 4.78 is 5.53. The molecule has 0 atom stereocenters. The maximum absolute atomic E-state index is 6.07. The van der Waals surface area contributed by atoms with Gasteiger partial charge in [-0.2, -0.15) is 15.0 Å². The highest BCUT2D eigenvalue weighted by Gasteiger charge is 2.33. The summed E-state index contributed by atoms with van der Waals surface area (Å²) in [6, 6.07) is 0. The predicted molar refractivity (Wildman–Crippen MR) is 80.6 cm³/mol. The molecule has 112 valence electrons. The number of rotatable bonds is 4. The van der Waals surface area contributed by atoms with Crippen LogP contribution in [-0.2, 0) is 4.74 Å². The van der Waals surface area contributed by atoms with Gasteiger partial charge in [-0.3, -0.25) is 0 Å². The van der Waals surface area contributed by atoms with Crippen LogP contribution >= 0.6 is 11.6 Å². The van der Waals surface area contributed by atoms with Crippen LogP contribution in [0.1, 0.15) is 27.7 Å². The Labute approximate surface area is 125 Å². The standard InChI is InChI=1S/C13H22ClN5O/c1-5-18(6-2)11-15-10(14)16-12(17-11)19-7-8-20-9-13(19,3)4/h5-9H2,1-4H3. The molecule has 20 heavy (non-hydrogen) atoms. The lowest BCUT2D eigenvalue weighted by molar-refractivity contribution is 0.0633. The second-order valence-electron chi connectivity index (χ2n) is 5.39. The number of aromatic nitrogens is 3. The van der Waals surface area contributed by atoms with Gasteiger partial charge >= 0.3 is 0 Å². The van der Waals surface area contributed by atoms with Gasteiger partial charge in [-0.1, -0.05) is 0 Å². The van der Waals surface area contributed by atoms with Crippen molar-refractivity contribution in [2.24, 2.45) is 0 Å². The molecule has 0 aliphatic carbocycles. The summed E-state index contributed by atoms with van der Waals surface area (Å²) >= 11 is 6.07. The van der Waals surface area contributed by atoms with E-state index in [-0.39, 0.29) is 10.8 Å². The van der Waals surface area contributed by atoms with Crippen LogP contribution in [0, 0.1) is 0 Å². The van der Waals surface area contributed by atoms with E-state index in [9.17, 15) is 0 Å². The molecule has 0 N–H and O–H groups in total. The first kappa shape index (κ1) is 15.3. The molecule has 1 aromatic heterocycles. The van der Waals surface area contributed by atoms with Crippen LogP contribution in [0.5, 0.6) is 0 Å². The van der Waals surface area contributed by atoms with Gasteiger partial charge < -0.3 is 14.5 Å². The number of hydrogen-bond acceptors (Lipinski definition) is 6. The van der Waals surface area contributed by atoms with E-state index in [1.807, 2.05) is 0 Å². The number of anilines is 2. The Morgan fingerprint density at radius 2 is 1.95 bits per heavy atom. The molecule has 1 saturated heterocycles. The van der Waals surface area contributed by atoms with Crippen LogP contribution in [-0.4, -0.2) is 53.3 Å². The van der Waals surface area contributed by atoms with Crippen molar-refractivity contribution in [3.63, 3.8) is 0 Å². The normalized spacial score (nSPS) is 18.1. The number of morpholine rings is 1. The van der Waals surface area contributed by atoms with Crippen molar-refractivity contribution >= 4 is 23.5 Å². The fraction of sp³-hybridized carbons (Fsp3) is 0.769. The van der Waals surface area contributed by atoms with Gasteiger partial charge in [0.25, 0.3) is 0 Å². The lowest BCUT2D eigenvalue weighted by Gasteiger charge is -2.42. The highest BCUT2D eigenvalue weighted by molar-refractivity contribution is 6.28. The molecule has 1 aliphatic rings. The Morgan fingerprint density at radius 3 is 2.55 bits per heavy atom. The van der Waals surface area contributed by atoms with Gasteiger partial charge in [-0.15, -0.1) is 0 Å². The first-order valence-corrected chi connectivity index (χ1v) is 7.37. The highest BCUT2D eigenvalue weighted by Crippen LogP contribution is 2.26. The molecule has 0 spiro atoms. The zero-order valence-electron chi connectivity index (χ0n) is 12.6. The summed E-state index contributed by atoms with van der Waals surface area (Å²) in [5, 5.41) is 0.235. The lowest BCUT2D eigenvalue weighted by Crippen LogP contribution is -2.54. The minimum absolute atomic E-state index is 0.149. The van der Waals surface area contributed by atoms with E-state index in [1.165, 1.54) is 0 Å². The number of nitrogens with zero attached hydrogens (tertiary/aromatic N) is 5. The van der Waals surface area contributed by atoms with Crippen molar-refractivity contribution in [3.8, 4) is 0 Å². The Kier molecular flexibility index (Phi) is 4.65. The number of ether oxygens (including phenoxy) is 1. The van der Waals surface area contributed by atoms with E-state index >= 15 is 0 Å². The third-order valence-corrected chi connectivity index (χ3v) is 3.69. The molecule has 0 bridgehead atoms. The van der Waals surface area contributed by atoms with Crippen molar-refractivity contribution in [1.82, 2.24) is 15.0 Å². The fourth-order valence-electron chi connectivity index (χ4n) is 2.33. The maximum atomic E-state index is 6.07. The zero-order valence-corrected chi connectivity index (χ0v) is 13.3. The van der Waals surface area contributed by atoms with E-state index in [4.69, 9.17) is 16.3 Å². The Balaban J connectivity index is 2.36. The third kappa shape index (κ3) is 3.12. The van der Waals surface area contributed by atoms with Gasteiger partial charge in [0.2, 0.25) is 17.2 Å². The minimum atomic E-state index is -0.149. The van der Waals surface area contributed by atoms with Crippen molar-refractivity contribution in [2.75, 3.05) is 42.6 Å². The Hall–Kier alpha value is -1.14. The monoisotopic (exact) mass is 299 g/mol. The summed E-state index contributed by atoms with van der Waals surface area (Å²) in [7, 11) is 0. The van der Waals surface area contributed by atoms with E-state index < -0.39 is 0 Å². The molecular weight excluding hydrogens is 278 g/mol. The summed E-state index contributed by atoms with van der Waals surface area (Å²) in [6.45, 7) is 12.1. The van der Waals surface area contributed by atoms with Crippen LogP contribution in [0.4, 0.5) is 11.9 Å². The molecule has 6 nitrogen and oxygen atoms in total. The molecule has 0 aromatic carbocycles. The minimum Gasteiger partial charge on any atom is -0.377 e. The van der Waals surface area contributed by atoms with E-state index in [1.54, 1.807) is 0 Å². The largest absolute Gasteiger partial charge is 0.377 e. The molecule has 0 radical (unpaired) electrons. The molecule has 0 saturated carbocycles. The van der Waals surface area contributed by atoms with E-state index in [0.29, 0.717) is 25.1 Å². The third-order valence-electron chi connectivity index (χ3n) is 3.52. The van der Waals surface area contributed by atoms with Gasteiger partial charge in [-0.25, -0.2) is 0 Å². The van der Waals surface area contributed by atoms with Gasteiger partial charge in [0.15, 0.2) is 0 Å². The number of halogens is 1. The maximum Gasteiger partial charge on any atom is 0.232 e. The van der Waals surface area contributed by atoms with Gasteiger partial charge in [0, 0.05) is 19.6 Å². The van der Waals surface area contributed by atoms with Crippen LogP contribution < -0.4 is 9.80 Å². The lowest BCUT2D eigenvalue weighted by atomic mass is 10.0. The van der Waals surface area contributed by atoms with E-state index in [0.717, 1.165) is 19.6 Å². The predicted octanol–water partition coefficient (Wildman–Crippen LogP) is 1.99. The van der Waals surface area contributed by atoms with Gasteiger partial charge in [0.1, 0.15) is 0 Å². The van der Waals surface area contributed by atoms with Gasteiger partial charge in [-0.05, 0) is 39.3 Å². The fourth-order valence-corrected chi connectivity index (χ4v) is 2.48. The quantitative estimate of drug-likeness (QED) is 0.847. The summed E-state index contributed by atoms with van der Waals surface area (Å²) in [5.41, 5.74) is -0.149. The molecule has 2 rings (SSSR count). The van der Waals surface area contributed by atoms with Crippen LogP contribution in [0.3, 0.4) is 0 Å². The molecular formula is C13H22ClN5O. The van der Waals surface area contributed by atoms with Crippen molar-refractivity contribution in [1.29, 1.82) is 0 Å². The molecule has 1 fully saturated rings. The van der Waals surface area contributed by atoms with Gasteiger partial charge in [0.05, 0.1) is 18.8 Å². The average Bonchev–Trinajstić information content (AvgIpc) is 2.39. The first-order chi connectivity index (χ1) is 9.47. The van der Waals surface area contributed by atoms with Crippen molar-refractivity contribution < 1.29 is 4.74 Å². The van der Waals surface area contributed by atoms with Crippen molar-refractivity contribution in [2.45, 2.75) is 33.2 Å². The van der Waals surface area contributed by atoms with Crippen LogP contribution in [0.25, 0.3) is 0 Å². The molecule has 1 aromatic rings. The molecule has 2 heterocycles. The summed E-state index contributed by atoms with van der Waals surface area (Å²) in [6.07, 6.45) is 0. The SMILES string of the molecule is CCN(CC)c1nc(Cl)nc(N2CCOCC2(C)C)n1. The van der Waals surface area contributed by atoms with E-state index in [2.05, 4.69) is 52.4 Å². The smallest absolute Gasteiger partial charge is 0.232 e. The van der Waals surface area contributed by atoms with Crippen LogP contribution in [0.2, 0.25) is 5.28 Å². The summed E-state index contributed by atoms with van der Waals surface area (Å²) in [4.78, 5) is 17.3. The van der Waals surface area contributed by atoms with Crippen molar-refractivity contribution in [3.05, 3.63) is 5.28 Å². The second kappa shape index (κ2) is 6.10. The second-order valence-corrected chi connectivity index (χ2v) is 5.73. The molecule has 0 amide bonds. The highest BCUT2D eigenvalue weighted by atomic mass is 35.5. The Bertz CT molecular complexity index is 464. The first-order valence-electron chi connectivity index (χ1n) is 7.00. The molecule has 0 unspecified atom stereocenters. The van der Waals surface area contributed by atoms with Crippen LogP contribution in [0.15, 0.2) is 0 Å².